The summed E-state index contributed by atoms with van der Waals surface area (Å²) < 4.78 is 18.2. The van der Waals surface area contributed by atoms with E-state index in [4.69, 9.17) is 19.9 Å². The van der Waals surface area contributed by atoms with Gasteiger partial charge in [-0.05, 0) is 17.7 Å². The Balaban J connectivity index is 1.32. The first kappa shape index (κ1) is 21.2. The number of rotatable bonds is 8. The predicted molar refractivity (Wildman–Crippen MR) is 117 cm³/mol. The van der Waals surface area contributed by atoms with Crippen LogP contribution in [0.3, 0.4) is 0 Å². The summed E-state index contributed by atoms with van der Waals surface area (Å²) in [5, 5.41) is 5.73. The van der Waals surface area contributed by atoms with Crippen molar-refractivity contribution < 1.29 is 19.0 Å². The highest BCUT2D eigenvalue weighted by atomic mass is 16.5. The van der Waals surface area contributed by atoms with Gasteiger partial charge >= 0.3 is 11.8 Å². The molecule has 0 atom stereocenters. The fraction of sp³-hybridized carbons (Fsp3) is 0.227. The first-order valence-electron chi connectivity index (χ1n) is 10.1. The van der Waals surface area contributed by atoms with Gasteiger partial charge in [0, 0.05) is 13.1 Å². The number of ether oxygens (including phenoxy) is 3. The zero-order valence-corrected chi connectivity index (χ0v) is 17.2. The van der Waals surface area contributed by atoms with Crippen molar-refractivity contribution in [2.45, 2.75) is 13.2 Å². The number of nitrogens with one attached hydrogen (secondary N) is 2. The van der Waals surface area contributed by atoms with Gasteiger partial charge in [0.25, 0.3) is 0 Å². The minimum absolute atomic E-state index is 0.195. The summed E-state index contributed by atoms with van der Waals surface area (Å²) in [7, 11) is 0. The zero-order chi connectivity index (χ0) is 22.3. The highest BCUT2D eigenvalue weighted by Crippen LogP contribution is 2.44. The lowest BCUT2D eigenvalue weighted by molar-refractivity contribution is 0.137. The number of nitrogens with zero attached hydrogens (tertiary/aromatic N) is 2. The molecule has 0 saturated heterocycles. The Morgan fingerprint density at radius 3 is 2.81 bits per heavy atom. The van der Waals surface area contributed by atoms with Gasteiger partial charge in [0.05, 0.1) is 12.7 Å². The minimum Gasteiger partial charge on any atom is -0.489 e. The molecule has 0 bridgehead atoms. The largest absolute Gasteiger partial charge is 0.489 e. The summed E-state index contributed by atoms with van der Waals surface area (Å²) >= 11 is 0. The number of amides is 1. The molecule has 3 aromatic rings. The van der Waals surface area contributed by atoms with Crippen molar-refractivity contribution in [3.05, 3.63) is 70.8 Å². The highest BCUT2D eigenvalue weighted by molar-refractivity contribution is 5.77. The number of hydrogen-bond donors (Lipinski definition) is 3. The summed E-state index contributed by atoms with van der Waals surface area (Å²) in [4.78, 5) is 28.0. The third kappa shape index (κ3) is 4.98. The molecular weight excluding hydrogens is 414 g/mol. The first-order chi connectivity index (χ1) is 15.6. The second-order valence-corrected chi connectivity index (χ2v) is 6.91. The molecule has 1 amide bonds. The lowest BCUT2D eigenvalue weighted by atomic mass is 10.2. The normalized spacial score (nSPS) is 11.4. The number of aromatic nitrogens is 2. The molecule has 0 aliphatic carbocycles. The van der Waals surface area contributed by atoms with E-state index in [9.17, 15) is 9.59 Å². The van der Waals surface area contributed by atoms with Gasteiger partial charge in [0.15, 0.2) is 17.3 Å². The van der Waals surface area contributed by atoms with Crippen molar-refractivity contribution in [2.75, 3.05) is 25.0 Å². The van der Waals surface area contributed by atoms with E-state index in [0.29, 0.717) is 41.8 Å². The number of para-hydroxylation sites is 1. The van der Waals surface area contributed by atoms with Crippen LogP contribution >= 0.6 is 0 Å². The molecule has 1 aromatic heterocycles. The fourth-order valence-electron chi connectivity index (χ4n) is 3.10. The van der Waals surface area contributed by atoms with Gasteiger partial charge < -0.3 is 30.6 Å². The van der Waals surface area contributed by atoms with Crippen LogP contribution in [0.2, 0.25) is 0 Å². The lowest BCUT2D eigenvalue weighted by Crippen LogP contribution is -2.29. The summed E-state index contributed by atoms with van der Waals surface area (Å²) in [5.41, 5.74) is 6.56. The van der Waals surface area contributed by atoms with E-state index in [1.54, 1.807) is 24.4 Å². The third-order valence-corrected chi connectivity index (χ3v) is 4.62. The Hall–Kier alpha value is -4.05. The minimum atomic E-state index is -0.527. The molecule has 4 rings (SSSR count). The standard InChI is InChI=1S/C22H23N5O5/c23-9-11-27-13-18-20(26-21(27)28)25-19-16(7-4-8-17(19)32-18)30-12-10-24-22(29)31-14-15-5-2-1-3-6-15/h1-8,13H,9-12,14,23H2,(H,24,29)(H,25,26,28). The Kier molecular flexibility index (Phi) is 6.52. The van der Waals surface area contributed by atoms with Crippen LogP contribution < -0.4 is 31.5 Å². The van der Waals surface area contributed by atoms with Gasteiger partial charge in [-0.3, -0.25) is 4.57 Å². The predicted octanol–water partition coefficient (Wildman–Crippen LogP) is 2.36. The molecule has 0 spiro atoms. The number of carbonyl (C=O) groups excluding carboxylic acids is 1. The van der Waals surface area contributed by atoms with Gasteiger partial charge in [-0.2, -0.15) is 4.98 Å². The van der Waals surface area contributed by atoms with Crippen LogP contribution in [-0.4, -0.2) is 35.3 Å². The van der Waals surface area contributed by atoms with E-state index in [1.807, 2.05) is 30.3 Å². The number of alkyl carbamates (subject to hydrolysis) is 1. The maximum Gasteiger partial charge on any atom is 0.407 e. The second-order valence-electron chi connectivity index (χ2n) is 6.91. The molecule has 2 heterocycles. The topological polar surface area (TPSA) is 130 Å². The number of anilines is 2. The Morgan fingerprint density at radius 1 is 1.16 bits per heavy atom. The number of carbonyl (C=O) groups is 1. The van der Waals surface area contributed by atoms with Crippen LogP contribution in [0.1, 0.15) is 5.56 Å². The van der Waals surface area contributed by atoms with Gasteiger partial charge in [-0.25, -0.2) is 9.59 Å². The zero-order valence-electron chi connectivity index (χ0n) is 17.2. The molecule has 0 fully saturated rings. The SMILES string of the molecule is NCCn1cc2c(nc1=O)Nc1c(OCCNC(=O)OCc3ccccc3)cccc1O2. The Bertz CT molecular complexity index is 1150. The van der Waals surface area contributed by atoms with Crippen LogP contribution in [0.25, 0.3) is 0 Å². The second kappa shape index (κ2) is 9.84. The van der Waals surface area contributed by atoms with Gasteiger partial charge in [0.1, 0.15) is 24.7 Å². The van der Waals surface area contributed by atoms with Crippen molar-refractivity contribution in [3.8, 4) is 17.2 Å². The molecule has 0 saturated carbocycles. The number of benzene rings is 2. The van der Waals surface area contributed by atoms with E-state index in [0.717, 1.165) is 5.56 Å². The number of nitrogens with two attached hydrogens (primary N) is 1. The lowest BCUT2D eigenvalue weighted by Gasteiger charge is -2.23. The molecule has 0 unspecified atom stereocenters. The van der Waals surface area contributed by atoms with Gasteiger partial charge in [0.2, 0.25) is 0 Å². The maximum atomic E-state index is 12.1. The summed E-state index contributed by atoms with van der Waals surface area (Å²) in [5.74, 6) is 1.76. The Labute approximate surface area is 183 Å². The molecule has 1 aliphatic rings. The molecular formula is C22H23N5O5. The molecule has 2 aromatic carbocycles. The monoisotopic (exact) mass is 437 g/mol. The summed E-state index contributed by atoms with van der Waals surface area (Å²) in [6.07, 6.45) is 1.05. The van der Waals surface area contributed by atoms with Crippen molar-refractivity contribution in [1.82, 2.24) is 14.9 Å². The van der Waals surface area contributed by atoms with Crippen LogP contribution in [0.5, 0.6) is 17.2 Å². The highest BCUT2D eigenvalue weighted by Gasteiger charge is 2.22. The molecule has 32 heavy (non-hydrogen) atoms. The van der Waals surface area contributed by atoms with Crippen LogP contribution in [0, 0.1) is 0 Å². The van der Waals surface area contributed by atoms with Crippen molar-refractivity contribution in [1.29, 1.82) is 0 Å². The molecule has 0 radical (unpaired) electrons. The smallest absolute Gasteiger partial charge is 0.407 e. The van der Waals surface area contributed by atoms with Gasteiger partial charge in [-0.15, -0.1) is 0 Å². The first-order valence-corrected chi connectivity index (χ1v) is 10.1. The maximum absolute atomic E-state index is 12.1. The average Bonchev–Trinajstić information content (AvgIpc) is 2.81. The molecule has 4 N–H and O–H groups in total. The van der Waals surface area contributed by atoms with Crippen LogP contribution in [-0.2, 0) is 17.9 Å². The molecule has 166 valence electrons. The van der Waals surface area contributed by atoms with E-state index in [2.05, 4.69) is 15.6 Å². The number of hydrogen-bond acceptors (Lipinski definition) is 8. The van der Waals surface area contributed by atoms with E-state index >= 15 is 0 Å². The molecule has 10 heteroatoms. The third-order valence-electron chi connectivity index (χ3n) is 4.62. The van der Waals surface area contributed by atoms with Gasteiger partial charge in [-0.1, -0.05) is 36.4 Å². The number of fused-ring (bicyclic) bond motifs is 2. The van der Waals surface area contributed by atoms with Crippen molar-refractivity contribution >= 4 is 17.6 Å². The van der Waals surface area contributed by atoms with E-state index < -0.39 is 11.8 Å². The van der Waals surface area contributed by atoms with E-state index in [-0.39, 0.29) is 19.8 Å². The Morgan fingerprint density at radius 2 is 2.00 bits per heavy atom. The summed E-state index contributed by atoms with van der Waals surface area (Å²) in [6.45, 7) is 1.31. The van der Waals surface area contributed by atoms with Crippen molar-refractivity contribution in [2.24, 2.45) is 5.73 Å². The van der Waals surface area contributed by atoms with Crippen LogP contribution in [0.4, 0.5) is 16.3 Å². The molecule has 1 aliphatic heterocycles. The summed E-state index contributed by atoms with van der Waals surface area (Å²) in [6, 6.07) is 14.7. The average molecular weight is 437 g/mol. The van der Waals surface area contributed by atoms with Crippen LogP contribution in [0.15, 0.2) is 59.5 Å². The van der Waals surface area contributed by atoms with Crippen molar-refractivity contribution in [3.63, 3.8) is 0 Å². The quantitative estimate of drug-likeness (QED) is 0.358. The fourth-order valence-corrected chi connectivity index (χ4v) is 3.10. The molecule has 10 nitrogen and oxygen atoms in total. The van der Waals surface area contributed by atoms with E-state index in [1.165, 1.54) is 4.57 Å².